The van der Waals surface area contributed by atoms with Crippen LogP contribution in [0, 0.1) is 0 Å². The molecule has 2 heterocycles. The van der Waals surface area contributed by atoms with Crippen LogP contribution in [-0.2, 0) is 21.1 Å². The highest BCUT2D eigenvalue weighted by molar-refractivity contribution is 7.99. The van der Waals surface area contributed by atoms with Crippen LogP contribution in [0.1, 0.15) is 62.9 Å². The van der Waals surface area contributed by atoms with E-state index in [1.54, 1.807) is 4.90 Å². The summed E-state index contributed by atoms with van der Waals surface area (Å²) >= 11 is 1.43. The van der Waals surface area contributed by atoms with Gasteiger partial charge in [-0.15, -0.1) is 10.2 Å². The quantitative estimate of drug-likeness (QED) is 0.397. The SMILES string of the molecule is CCN(C(=O)CSc1nnc(Cc2cccc3ccccc23)n1C1CCCCC1)[C@H]1CCS(=O)(=O)C1. The van der Waals surface area contributed by atoms with Crippen LogP contribution in [0.5, 0.6) is 0 Å². The molecule has 9 heteroatoms. The molecule has 2 aromatic carbocycles. The summed E-state index contributed by atoms with van der Waals surface area (Å²) in [6, 6.07) is 14.9. The molecule has 1 saturated carbocycles. The molecule has 5 rings (SSSR count). The van der Waals surface area contributed by atoms with Crippen molar-refractivity contribution >= 4 is 38.3 Å². The van der Waals surface area contributed by atoms with Crippen molar-refractivity contribution in [2.24, 2.45) is 0 Å². The summed E-state index contributed by atoms with van der Waals surface area (Å²) in [5.41, 5.74) is 1.23. The van der Waals surface area contributed by atoms with E-state index < -0.39 is 9.84 Å². The third kappa shape index (κ3) is 5.47. The molecule has 1 saturated heterocycles. The number of fused-ring (bicyclic) bond motifs is 1. The lowest BCUT2D eigenvalue weighted by Crippen LogP contribution is -2.42. The maximum Gasteiger partial charge on any atom is 0.233 e. The normalized spacial score (nSPS) is 20.1. The smallest absolute Gasteiger partial charge is 0.233 e. The van der Waals surface area contributed by atoms with Crippen molar-refractivity contribution in [2.75, 3.05) is 23.8 Å². The average molecular weight is 527 g/mol. The van der Waals surface area contributed by atoms with Gasteiger partial charge in [0.05, 0.1) is 17.3 Å². The predicted molar refractivity (Wildman–Crippen MR) is 144 cm³/mol. The van der Waals surface area contributed by atoms with Gasteiger partial charge in [0.25, 0.3) is 0 Å². The highest BCUT2D eigenvalue weighted by atomic mass is 32.2. The second kappa shape index (κ2) is 10.9. The number of aromatic nitrogens is 3. The van der Waals surface area contributed by atoms with Gasteiger partial charge < -0.3 is 9.47 Å². The average Bonchev–Trinajstić information content (AvgIpc) is 3.46. The minimum absolute atomic E-state index is 0.0293. The lowest BCUT2D eigenvalue weighted by atomic mass is 9.95. The summed E-state index contributed by atoms with van der Waals surface area (Å²) in [7, 11) is -3.04. The van der Waals surface area contributed by atoms with Gasteiger partial charge in [0.1, 0.15) is 5.82 Å². The zero-order valence-corrected chi connectivity index (χ0v) is 22.4. The van der Waals surface area contributed by atoms with E-state index in [-0.39, 0.29) is 29.2 Å². The molecule has 1 aromatic heterocycles. The first-order valence-corrected chi connectivity index (χ1v) is 15.8. The second-order valence-corrected chi connectivity index (χ2v) is 13.1. The molecular weight excluding hydrogens is 492 g/mol. The number of sulfone groups is 1. The molecule has 2 fully saturated rings. The van der Waals surface area contributed by atoms with Gasteiger partial charge in [-0.05, 0) is 42.5 Å². The lowest BCUT2D eigenvalue weighted by molar-refractivity contribution is -0.129. The second-order valence-electron chi connectivity index (χ2n) is 9.90. The molecule has 1 aliphatic carbocycles. The Hall–Kier alpha value is -2.39. The van der Waals surface area contributed by atoms with Crippen LogP contribution < -0.4 is 0 Å². The van der Waals surface area contributed by atoms with Gasteiger partial charge in [-0.1, -0.05) is 73.5 Å². The highest BCUT2D eigenvalue weighted by Crippen LogP contribution is 2.34. The number of amides is 1. The van der Waals surface area contributed by atoms with Gasteiger partial charge in [0.15, 0.2) is 15.0 Å². The van der Waals surface area contributed by atoms with Crippen LogP contribution in [0.25, 0.3) is 10.8 Å². The first-order chi connectivity index (χ1) is 17.4. The van der Waals surface area contributed by atoms with Crippen molar-refractivity contribution in [1.29, 1.82) is 0 Å². The maximum atomic E-state index is 13.1. The van der Waals surface area contributed by atoms with E-state index in [1.807, 2.05) is 6.92 Å². The van der Waals surface area contributed by atoms with Gasteiger partial charge in [-0.2, -0.15) is 0 Å². The molecular formula is C27H34N4O3S2. The molecule has 1 amide bonds. The lowest BCUT2D eigenvalue weighted by Gasteiger charge is -2.27. The summed E-state index contributed by atoms with van der Waals surface area (Å²) in [6.45, 7) is 2.43. The minimum Gasteiger partial charge on any atom is -0.338 e. The van der Waals surface area contributed by atoms with Gasteiger partial charge in [-0.3, -0.25) is 4.79 Å². The third-order valence-electron chi connectivity index (χ3n) is 7.54. The molecule has 0 radical (unpaired) electrons. The molecule has 0 unspecified atom stereocenters. The standard InChI is InChI=1S/C27H34N4O3S2/c1-2-30(23-15-16-36(33,34)19-23)26(32)18-35-27-29-28-25(31(27)22-12-4-3-5-13-22)17-21-11-8-10-20-9-6-7-14-24(20)21/h6-11,14,22-23H,2-5,12-13,15-19H2,1H3/t23-/m0/s1. The van der Waals surface area contributed by atoms with Crippen molar-refractivity contribution in [3.05, 3.63) is 53.9 Å². The van der Waals surface area contributed by atoms with Crippen molar-refractivity contribution in [3.63, 3.8) is 0 Å². The van der Waals surface area contributed by atoms with E-state index in [0.29, 0.717) is 25.4 Å². The van der Waals surface area contributed by atoms with E-state index in [4.69, 9.17) is 0 Å². The van der Waals surface area contributed by atoms with E-state index in [9.17, 15) is 13.2 Å². The number of benzene rings is 2. The zero-order valence-electron chi connectivity index (χ0n) is 20.8. The Morgan fingerprint density at radius 2 is 1.83 bits per heavy atom. The van der Waals surface area contributed by atoms with Gasteiger partial charge in [-0.25, -0.2) is 8.42 Å². The van der Waals surface area contributed by atoms with Crippen molar-refractivity contribution in [3.8, 4) is 0 Å². The van der Waals surface area contributed by atoms with Crippen LogP contribution in [0.15, 0.2) is 47.6 Å². The van der Waals surface area contributed by atoms with Crippen molar-refractivity contribution in [2.45, 2.75) is 69.1 Å². The van der Waals surface area contributed by atoms with E-state index in [2.05, 4.69) is 57.2 Å². The predicted octanol–water partition coefficient (Wildman–Crippen LogP) is 4.66. The molecule has 0 N–H and O–H groups in total. The van der Waals surface area contributed by atoms with E-state index in [1.165, 1.54) is 47.4 Å². The summed E-state index contributed by atoms with van der Waals surface area (Å²) < 4.78 is 26.2. The Bertz CT molecular complexity index is 1330. The summed E-state index contributed by atoms with van der Waals surface area (Å²) in [6.07, 6.45) is 7.07. The third-order valence-corrected chi connectivity index (χ3v) is 10.2. The number of hydrogen-bond acceptors (Lipinski definition) is 6. The monoisotopic (exact) mass is 526 g/mol. The van der Waals surface area contributed by atoms with Crippen LogP contribution >= 0.6 is 11.8 Å². The number of thioether (sulfide) groups is 1. The van der Waals surface area contributed by atoms with E-state index >= 15 is 0 Å². The molecule has 0 bridgehead atoms. The van der Waals surface area contributed by atoms with Gasteiger partial charge >= 0.3 is 0 Å². The number of carbonyl (C=O) groups is 1. The molecule has 7 nitrogen and oxygen atoms in total. The van der Waals surface area contributed by atoms with Crippen LogP contribution in [-0.4, -0.2) is 63.8 Å². The number of rotatable bonds is 8. The van der Waals surface area contributed by atoms with Gasteiger partial charge in [0.2, 0.25) is 5.91 Å². The zero-order chi connectivity index (χ0) is 25.1. The fourth-order valence-corrected chi connectivity index (χ4v) is 8.36. The number of carbonyl (C=O) groups excluding carboxylic acids is 1. The van der Waals surface area contributed by atoms with Crippen molar-refractivity contribution in [1.82, 2.24) is 19.7 Å². The molecule has 36 heavy (non-hydrogen) atoms. The summed E-state index contributed by atoms with van der Waals surface area (Å²) in [4.78, 5) is 14.9. The Labute approximate surface area is 217 Å². The number of nitrogens with zero attached hydrogens (tertiary/aromatic N) is 4. The Morgan fingerprint density at radius 3 is 2.58 bits per heavy atom. The summed E-state index contributed by atoms with van der Waals surface area (Å²) in [5.74, 6) is 1.40. The Morgan fingerprint density at radius 1 is 1.06 bits per heavy atom. The van der Waals surface area contributed by atoms with Crippen molar-refractivity contribution < 1.29 is 13.2 Å². The Kier molecular flexibility index (Phi) is 7.67. The minimum atomic E-state index is -3.04. The molecule has 1 aliphatic heterocycles. The maximum absolute atomic E-state index is 13.1. The molecule has 3 aromatic rings. The fraction of sp³-hybridized carbons (Fsp3) is 0.519. The molecule has 192 valence electrons. The topological polar surface area (TPSA) is 85.2 Å². The van der Waals surface area contributed by atoms with E-state index in [0.717, 1.165) is 23.8 Å². The van der Waals surface area contributed by atoms with Crippen LogP contribution in [0.2, 0.25) is 0 Å². The number of hydrogen-bond donors (Lipinski definition) is 0. The Balaban J connectivity index is 1.37. The molecule has 1 atom stereocenters. The first kappa shape index (κ1) is 25.3. The van der Waals surface area contributed by atoms with Crippen LogP contribution in [0.4, 0.5) is 0 Å². The molecule has 0 spiro atoms. The molecule has 2 aliphatic rings. The fourth-order valence-electron chi connectivity index (χ4n) is 5.72. The van der Waals surface area contributed by atoms with Gasteiger partial charge in [0, 0.05) is 25.0 Å². The highest BCUT2D eigenvalue weighted by Gasteiger charge is 2.34. The first-order valence-electron chi connectivity index (χ1n) is 13.0. The summed E-state index contributed by atoms with van der Waals surface area (Å²) in [5, 5.41) is 12.4. The largest absolute Gasteiger partial charge is 0.338 e. The van der Waals surface area contributed by atoms with Crippen LogP contribution in [0.3, 0.4) is 0 Å².